The first-order valence-corrected chi connectivity index (χ1v) is 8.97. The fourth-order valence-corrected chi connectivity index (χ4v) is 3.02. The van der Waals surface area contributed by atoms with Crippen molar-refractivity contribution in [1.82, 2.24) is 4.90 Å². The highest BCUT2D eigenvalue weighted by Gasteiger charge is 2.20. The Morgan fingerprint density at radius 2 is 2.00 bits per heavy atom. The molecule has 0 saturated carbocycles. The van der Waals surface area contributed by atoms with Gasteiger partial charge in [-0.15, -0.1) is 0 Å². The van der Waals surface area contributed by atoms with Crippen LogP contribution in [0.1, 0.15) is 22.3 Å². The molecule has 5 nitrogen and oxygen atoms in total. The summed E-state index contributed by atoms with van der Waals surface area (Å²) in [6.07, 6.45) is 0.731. The quantitative estimate of drug-likeness (QED) is 0.717. The van der Waals surface area contributed by atoms with Gasteiger partial charge in [-0.1, -0.05) is 29.8 Å². The van der Waals surface area contributed by atoms with Crippen LogP contribution < -0.4 is 14.2 Å². The highest BCUT2D eigenvalue weighted by Crippen LogP contribution is 2.38. The third kappa shape index (κ3) is 4.22. The van der Waals surface area contributed by atoms with Crippen LogP contribution >= 0.6 is 11.6 Å². The summed E-state index contributed by atoms with van der Waals surface area (Å²) in [5, 5.41) is 0.391. The number of aryl methyl sites for hydroxylation is 1. The molecule has 0 fully saturated rings. The molecule has 138 valence electrons. The maximum Gasteiger partial charge on any atom is 0.253 e. The van der Waals surface area contributed by atoms with Crippen molar-refractivity contribution < 1.29 is 19.0 Å². The molecule has 0 aliphatic carbocycles. The highest BCUT2D eigenvalue weighted by atomic mass is 35.5. The van der Waals surface area contributed by atoms with Gasteiger partial charge in [-0.2, -0.15) is 0 Å². The molecule has 0 spiro atoms. The van der Waals surface area contributed by atoms with Gasteiger partial charge in [0, 0.05) is 19.2 Å². The average molecular weight is 376 g/mol. The standard InChI is InChI=1S/C20H22ClNO4/c1-14-6-3-4-7-17(14)24-9-5-8-22(2)20(23)15-12-16(21)19-18(13-15)25-10-11-26-19/h3-4,6-7,12-13H,5,8-11H2,1-2H3. The molecule has 0 saturated heterocycles. The Morgan fingerprint density at radius 1 is 1.23 bits per heavy atom. The Kier molecular flexibility index (Phi) is 5.89. The van der Waals surface area contributed by atoms with Gasteiger partial charge in [-0.05, 0) is 37.1 Å². The van der Waals surface area contributed by atoms with Crippen molar-refractivity contribution in [2.45, 2.75) is 13.3 Å². The molecule has 0 aromatic heterocycles. The van der Waals surface area contributed by atoms with E-state index in [1.54, 1.807) is 24.1 Å². The molecule has 3 rings (SSSR count). The van der Waals surface area contributed by atoms with Gasteiger partial charge in [0.25, 0.3) is 5.91 Å². The molecule has 0 atom stereocenters. The van der Waals surface area contributed by atoms with Crippen molar-refractivity contribution in [3.05, 3.63) is 52.5 Å². The van der Waals surface area contributed by atoms with E-state index in [1.807, 2.05) is 31.2 Å². The van der Waals surface area contributed by atoms with Crippen LogP contribution in [0.3, 0.4) is 0 Å². The molecule has 1 aliphatic rings. The average Bonchev–Trinajstić information content (AvgIpc) is 2.65. The minimum atomic E-state index is -0.111. The van der Waals surface area contributed by atoms with E-state index in [0.29, 0.717) is 48.5 Å². The summed E-state index contributed by atoms with van der Waals surface area (Å²) < 4.78 is 16.8. The molecule has 0 unspecified atom stereocenters. The number of amides is 1. The zero-order valence-corrected chi connectivity index (χ0v) is 15.7. The number of hydrogen-bond donors (Lipinski definition) is 0. The number of halogens is 1. The van der Waals surface area contributed by atoms with E-state index in [1.165, 1.54) is 0 Å². The number of para-hydroxylation sites is 1. The summed E-state index contributed by atoms with van der Waals surface area (Å²) in [4.78, 5) is 14.3. The van der Waals surface area contributed by atoms with Crippen LogP contribution in [0.15, 0.2) is 36.4 Å². The van der Waals surface area contributed by atoms with Gasteiger partial charge in [0.05, 0.1) is 11.6 Å². The lowest BCUT2D eigenvalue weighted by atomic mass is 10.1. The van der Waals surface area contributed by atoms with E-state index < -0.39 is 0 Å². The molecule has 0 bridgehead atoms. The Hall–Kier alpha value is -2.40. The van der Waals surface area contributed by atoms with E-state index in [2.05, 4.69) is 0 Å². The zero-order chi connectivity index (χ0) is 18.5. The van der Waals surface area contributed by atoms with Crippen molar-refractivity contribution in [2.75, 3.05) is 33.4 Å². The van der Waals surface area contributed by atoms with Crippen LogP contribution in [0.2, 0.25) is 5.02 Å². The second-order valence-corrected chi connectivity index (χ2v) is 6.58. The van der Waals surface area contributed by atoms with Crippen molar-refractivity contribution in [2.24, 2.45) is 0 Å². The van der Waals surface area contributed by atoms with Gasteiger partial charge in [0.15, 0.2) is 11.5 Å². The summed E-state index contributed by atoms with van der Waals surface area (Å²) in [5.74, 6) is 1.78. The molecule has 26 heavy (non-hydrogen) atoms. The minimum Gasteiger partial charge on any atom is -0.493 e. The molecule has 1 aliphatic heterocycles. The van der Waals surface area contributed by atoms with Crippen molar-refractivity contribution >= 4 is 17.5 Å². The van der Waals surface area contributed by atoms with Gasteiger partial charge >= 0.3 is 0 Å². The van der Waals surface area contributed by atoms with Crippen LogP contribution in [0, 0.1) is 6.92 Å². The lowest BCUT2D eigenvalue weighted by molar-refractivity contribution is 0.0786. The van der Waals surface area contributed by atoms with Crippen LogP contribution in [0.5, 0.6) is 17.2 Å². The zero-order valence-electron chi connectivity index (χ0n) is 15.0. The summed E-state index contributed by atoms with van der Waals surface area (Å²) >= 11 is 6.21. The van der Waals surface area contributed by atoms with Crippen LogP contribution in [-0.2, 0) is 0 Å². The van der Waals surface area contributed by atoms with E-state index in [-0.39, 0.29) is 5.91 Å². The highest BCUT2D eigenvalue weighted by molar-refractivity contribution is 6.32. The lowest BCUT2D eigenvalue weighted by Crippen LogP contribution is -2.29. The first-order valence-electron chi connectivity index (χ1n) is 8.59. The molecule has 1 amide bonds. The number of carbonyl (C=O) groups excluding carboxylic acids is 1. The van der Waals surface area contributed by atoms with Gasteiger partial charge < -0.3 is 19.1 Å². The maximum absolute atomic E-state index is 12.6. The number of benzene rings is 2. The van der Waals surface area contributed by atoms with E-state index in [4.69, 9.17) is 25.8 Å². The van der Waals surface area contributed by atoms with Gasteiger partial charge in [-0.3, -0.25) is 4.79 Å². The van der Waals surface area contributed by atoms with Crippen LogP contribution in [0.4, 0.5) is 0 Å². The van der Waals surface area contributed by atoms with Crippen molar-refractivity contribution in [1.29, 1.82) is 0 Å². The third-order valence-corrected chi connectivity index (χ3v) is 4.46. The van der Waals surface area contributed by atoms with Crippen LogP contribution in [-0.4, -0.2) is 44.2 Å². The molecular formula is C20H22ClNO4. The van der Waals surface area contributed by atoms with Gasteiger partial charge in [0.1, 0.15) is 19.0 Å². The second kappa shape index (κ2) is 8.32. The topological polar surface area (TPSA) is 48.0 Å². The Morgan fingerprint density at radius 3 is 2.81 bits per heavy atom. The van der Waals surface area contributed by atoms with Crippen molar-refractivity contribution in [3.8, 4) is 17.2 Å². The van der Waals surface area contributed by atoms with Crippen molar-refractivity contribution in [3.63, 3.8) is 0 Å². The normalized spacial score (nSPS) is 12.6. The molecule has 1 heterocycles. The molecule has 0 N–H and O–H groups in total. The minimum absolute atomic E-state index is 0.111. The summed E-state index contributed by atoms with van der Waals surface area (Å²) in [5.41, 5.74) is 1.59. The lowest BCUT2D eigenvalue weighted by Gasteiger charge is -2.22. The maximum atomic E-state index is 12.6. The Bertz CT molecular complexity index is 793. The molecule has 2 aromatic carbocycles. The first-order chi connectivity index (χ1) is 12.6. The van der Waals surface area contributed by atoms with Gasteiger partial charge in [-0.25, -0.2) is 0 Å². The number of fused-ring (bicyclic) bond motifs is 1. The van der Waals surface area contributed by atoms with Gasteiger partial charge in [0.2, 0.25) is 0 Å². The largest absolute Gasteiger partial charge is 0.493 e. The van der Waals surface area contributed by atoms with E-state index in [9.17, 15) is 4.79 Å². The SMILES string of the molecule is Cc1ccccc1OCCCN(C)C(=O)c1cc(Cl)c2c(c1)OCCO2. The number of carbonyl (C=O) groups is 1. The van der Waals surface area contributed by atoms with E-state index >= 15 is 0 Å². The number of nitrogens with zero attached hydrogens (tertiary/aromatic N) is 1. The summed E-state index contributed by atoms with van der Waals surface area (Å²) in [7, 11) is 1.76. The molecular weight excluding hydrogens is 354 g/mol. The van der Waals surface area contributed by atoms with E-state index in [0.717, 1.165) is 17.7 Å². The second-order valence-electron chi connectivity index (χ2n) is 6.18. The monoisotopic (exact) mass is 375 g/mol. The summed E-state index contributed by atoms with van der Waals surface area (Å²) in [6.45, 7) is 4.05. The Balaban J connectivity index is 1.55. The smallest absolute Gasteiger partial charge is 0.253 e. The fraction of sp³-hybridized carbons (Fsp3) is 0.350. The first kappa shape index (κ1) is 18.4. The molecule has 0 radical (unpaired) electrons. The fourth-order valence-electron chi connectivity index (χ4n) is 2.76. The van der Waals surface area contributed by atoms with Crippen LogP contribution in [0.25, 0.3) is 0 Å². The number of rotatable bonds is 6. The molecule has 2 aromatic rings. The summed E-state index contributed by atoms with van der Waals surface area (Å²) in [6, 6.07) is 11.2. The third-order valence-electron chi connectivity index (χ3n) is 4.18. The predicted octanol–water partition coefficient (Wildman–Crippen LogP) is 3.96. The number of hydrogen-bond acceptors (Lipinski definition) is 4. The Labute approximate surface area is 158 Å². The number of ether oxygens (including phenoxy) is 3. The predicted molar refractivity (Wildman–Crippen MR) is 101 cm³/mol. The molecule has 6 heteroatoms.